The van der Waals surface area contributed by atoms with Crippen molar-refractivity contribution in [1.29, 1.82) is 0 Å². The topological polar surface area (TPSA) is 55.5 Å². The fourth-order valence-corrected chi connectivity index (χ4v) is 2.74. The largest absolute Gasteiger partial charge is 0.504 e. The summed E-state index contributed by atoms with van der Waals surface area (Å²) in [6.45, 7) is 4.56. The molecule has 0 spiro atoms. The standard InChI is InChI=1S/C11H16BrNO2/c1-6-4-8(14)11(15-3)10(12)9(6)7(2)5-13/h4,7,14H,5,13H2,1-3H3. The zero-order valence-corrected chi connectivity index (χ0v) is 10.8. The Morgan fingerprint density at radius 1 is 1.60 bits per heavy atom. The third-order valence-electron chi connectivity index (χ3n) is 2.50. The lowest BCUT2D eigenvalue weighted by atomic mass is 9.96. The Hall–Kier alpha value is -0.740. The SMILES string of the molecule is COc1c(O)cc(C)c(C(C)CN)c1Br. The monoisotopic (exact) mass is 273 g/mol. The van der Waals surface area contributed by atoms with Gasteiger partial charge in [-0.1, -0.05) is 6.92 Å². The first-order chi connectivity index (χ1) is 7.02. The summed E-state index contributed by atoms with van der Waals surface area (Å²) in [5.41, 5.74) is 7.75. The van der Waals surface area contributed by atoms with E-state index in [1.807, 2.05) is 13.8 Å². The zero-order valence-electron chi connectivity index (χ0n) is 9.17. The Morgan fingerprint density at radius 2 is 2.20 bits per heavy atom. The third kappa shape index (κ3) is 2.26. The number of hydrogen-bond donors (Lipinski definition) is 2. The van der Waals surface area contributed by atoms with E-state index in [9.17, 15) is 5.11 Å². The third-order valence-corrected chi connectivity index (χ3v) is 3.28. The number of phenols is 1. The van der Waals surface area contributed by atoms with Gasteiger partial charge in [-0.25, -0.2) is 0 Å². The van der Waals surface area contributed by atoms with Gasteiger partial charge in [0, 0.05) is 0 Å². The lowest BCUT2D eigenvalue weighted by Crippen LogP contribution is -2.11. The first kappa shape index (κ1) is 12.3. The molecule has 0 aliphatic heterocycles. The molecule has 0 heterocycles. The van der Waals surface area contributed by atoms with E-state index >= 15 is 0 Å². The van der Waals surface area contributed by atoms with Crippen LogP contribution >= 0.6 is 15.9 Å². The van der Waals surface area contributed by atoms with Gasteiger partial charge in [0.25, 0.3) is 0 Å². The van der Waals surface area contributed by atoms with Crippen molar-refractivity contribution >= 4 is 15.9 Å². The molecule has 3 N–H and O–H groups in total. The number of hydrogen-bond acceptors (Lipinski definition) is 3. The Bertz CT molecular complexity index is 366. The lowest BCUT2D eigenvalue weighted by Gasteiger charge is -2.18. The van der Waals surface area contributed by atoms with E-state index in [1.54, 1.807) is 6.07 Å². The van der Waals surface area contributed by atoms with Crippen LogP contribution in [0, 0.1) is 6.92 Å². The average molecular weight is 274 g/mol. The van der Waals surface area contributed by atoms with Crippen LogP contribution in [0.2, 0.25) is 0 Å². The number of aryl methyl sites for hydroxylation is 1. The van der Waals surface area contributed by atoms with Gasteiger partial charge in [-0.3, -0.25) is 0 Å². The number of nitrogens with two attached hydrogens (primary N) is 1. The molecule has 1 atom stereocenters. The van der Waals surface area contributed by atoms with Crippen LogP contribution in [0.1, 0.15) is 24.0 Å². The summed E-state index contributed by atoms with van der Waals surface area (Å²) in [6.07, 6.45) is 0. The summed E-state index contributed by atoms with van der Waals surface area (Å²) >= 11 is 3.44. The van der Waals surface area contributed by atoms with Crippen molar-refractivity contribution in [3.8, 4) is 11.5 Å². The van der Waals surface area contributed by atoms with E-state index in [-0.39, 0.29) is 11.7 Å². The van der Waals surface area contributed by atoms with Crippen LogP contribution in [-0.2, 0) is 0 Å². The highest BCUT2D eigenvalue weighted by atomic mass is 79.9. The fourth-order valence-electron chi connectivity index (χ4n) is 1.67. The summed E-state index contributed by atoms with van der Waals surface area (Å²) in [6, 6.07) is 1.70. The lowest BCUT2D eigenvalue weighted by molar-refractivity contribution is 0.370. The summed E-state index contributed by atoms with van der Waals surface area (Å²) in [5, 5.41) is 9.66. The summed E-state index contributed by atoms with van der Waals surface area (Å²) in [4.78, 5) is 0. The second-order valence-electron chi connectivity index (χ2n) is 3.61. The smallest absolute Gasteiger partial charge is 0.174 e. The number of methoxy groups -OCH3 is 1. The van der Waals surface area contributed by atoms with Gasteiger partial charge in [-0.2, -0.15) is 0 Å². The molecule has 1 aromatic carbocycles. The van der Waals surface area contributed by atoms with Crippen LogP contribution in [0.5, 0.6) is 11.5 Å². The number of halogens is 1. The quantitative estimate of drug-likeness (QED) is 0.890. The molecule has 1 rings (SSSR count). The van der Waals surface area contributed by atoms with Gasteiger partial charge in [0.1, 0.15) is 0 Å². The van der Waals surface area contributed by atoms with Crippen LogP contribution in [0.4, 0.5) is 0 Å². The van der Waals surface area contributed by atoms with Crippen LogP contribution in [0.25, 0.3) is 0 Å². The van der Waals surface area contributed by atoms with Crippen molar-refractivity contribution in [1.82, 2.24) is 0 Å². The van der Waals surface area contributed by atoms with E-state index in [1.165, 1.54) is 7.11 Å². The molecule has 0 bridgehead atoms. The summed E-state index contributed by atoms with van der Waals surface area (Å²) in [7, 11) is 1.53. The predicted molar refractivity (Wildman–Crippen MR) is 64.6 cm³/mol. The normalized spacial score (nSPS) is 12.6. The van der Waals surface area contributed by atoms with E-state index in [4.69, 9.17) is 10.5 Å². The average Bonchev–Trinajstić information content (AvgIpc) is 2.17. The molecule has 15 heavy (non-hydrogen) atoms. The highest BCUT2D eigenvalue weighted by Crippen LogP contribution is 2.41. The van der Waals surface area contributed by atoms with Crippen LogP contribution < -0.4 is 10.5 Å². The molecular formula is C11H16BrNO2. The molecule has 0 saturated heterocycles. The van der Waals surface area contributed by atoms with Gasteiger partial charge < -0.3 is 15.6 Å². The number of ether oxygens (including phenoxy) is 1. The zero-order chi connectivity index (χ0) is 11.6. The van der Waals surface area contributed by atoms with Crippen LogP contribution in [-0.4, -0.2) is 18.8 Å². The van der Waals surface area contributed by atoms with Gasteiger partial charge in [-0.15, -0.1) is 0 Å². The van der Waals surface area contributed by atoms with Gasteiger partial charge in [0.2, 0.25) is 0 Å². The van der Waals surface area contributed by atoms with Crippen molar-refractivity contribution < 1.29 is 9.84 Å². The molecule has 84 valence electrons. The maximum atomic E-state index is 9.66. The number of phenolic OH excluding ortho intramolecular Hbond substituents is 1. The van der Waals surface area contributed by atoms with Crippen molar-refractivity contribution in [3.05, 3.63) is 21.7 Å². The van der Waals surface area contributed by atoms with Crippen molar-refractivity contribution in [2.24, 2.45) is 5.73 Å². The number of benzene rings is 1. The van der Waals surface area contributed by atoms with Gasteiger partial charge >= 0.3 is 0 Å². The van der Waals surface area contributed by atoms with Gasteiger partial charge in [0.05, 0.1) is 11.6 Å². The minimum Gasteiger partial charge on any atom is -0.504 e. The summed E-state index contributed by atoms with van der Waals surface area (Å²) in [5.74, 6) is 0.847. The second-order valence-corrected chi connectivity index (χ2v) is 4.40. The van der Waals surface area contributed by atoms with E-state index in [0.717, 1.165) is 15.6 Å². The van der Waals surface area contributed by atoms with Crippen molar-refractivity contribution in [2.75, 3.05) is 13.7 Å². The first-order valence-corrected chi connectivity index (χ1v) is 5.58. The molecule has 0 aliphatic carbocycles. The molecule has 1 unspecified atom stereocenters. The minimum absolute atomic E-state index is 0.148. The molecular weight excluding hydrogens is 258 g/mol. The van der Waals surface area contributed by atoms with Crippen LogP contribution in [0.15, 0.2) is 10.5 Å². The molecule has 0 fully saturated rings. The Balaban J connectivity index is 3.38. The molecule has 0 amide bonds. The van der Waals surface area contributed by atoms with Crippen molar-refractivity contribution in [3.63, 3.8) is 0 Å². The fraction of sp³-hybridized carbons (Fsp3) is 0.455. The molecule has 0 saturated carbocycles. The summed E-state index contributed by atoms with van der Waals surface area (Å²) < 4.78 is 5.92. The van der Waals surface area contributed by atoms with Crippen LogP contribution in [0.3, 0.4) is 0 Å². The van der Waals surface area contributed by atoms with E-state index in [0.29, 0.717) is 12.3 Å². The molecule has 3 nitrogen and oxygen atoms in total. The predicted octanol–water partition coefficient (Wildman–Crippen LogP) is 2.53. The Kier molecular flexibility index (Phi) is 3.99. The number of aromatic hydroxyl groups is 1. The van der Waals surface area contributed by atoms with E-state index in [2.05, 4.69) is 15.9 Å². The van der Waals surface area contributed by atoms with Crippen molar-refractivity contribution in [2.45, 2.75) is 19.8 Å². The molecule has 0 radical (unpaired) electrons. The Labute approximate surface area is 98.4 Å². The highest BCUT2D eigenvalue weighted by molar-refractivity contribution is 9.10. The Morgan fingerprint density at radius 3 is 2.67 bits per heavy atom. The minimum atomic E-state index is 0.148. The van der Waals surface area contributed by atoms with E-state index < -0.39 is 0 Å². The molecule has 1 aromatic rings. The molecule has 0 aromatic heterocycles. The van der Waals surface area contributed by atoms with Gasteiger partial charge in [-0.05, 0) is 52.5 Å². The maximum Gasteiger partial charge on any atom is 0.174 e. The maximum absolute atomic E-state index is 9.66. The highest BCUT2D eigenvalue weighted by Gasteiger charge is 2.18. The first-order valence-electron chi connectivity index (χ1n) is 4.78. The van der Waals surface area contributed by atoms with Gasteiger partial charge in [0.15, 0.2) is 11.5 Å². The number of rotatable bonds is 3. The molecule has 0 aliphatic rings. The second kappa shape index (κ2) is 4.86. The molecule has 4 heteroatoms.